The van der Waals surface area contributed by atoms with Crippen LogP contribution in [0, 0.1) is 0 Å². The third kappa shape index (κ3) is 2.42. The zero-order chi connectivity index (χ0) is 12.3. The highest BCUT2D eigenvalue weighted by atomic mass is 19.4. The van der Waals surface area contributed by atoms with Gasteiger partial charge in [-0.2, -0.15) is 13.2 Å². The van der Waals surface area contributed by atoms with E-state index in [1.807, 2.05) is 0 Å². The number of ether oxygens (including phenoxy) is 1. The van der Waals surface area contributed by atoms with Crippen molar-refractivity contribution < 1.29 is 23.0 Å². The molecule has 0 radical (unpaired) electrons. The summed E-state index contributed by atoms with van der Waals surface area (Å²) in [5, 5.41) is 8.83. The fourth-order valence-corrected chi connectivity index (χ4v) is 1.23. The summed E-state index contributed by atoms with van der Waals surface area (Å²) in [5.74, 6) is 0. The van der Waals surface area contributed by atoms with Gasteiger partial charge in [-0.05, 0) is 12.1 Å². The number of aromatic nitrogens is 1. The molecule has 0 saturated heterocycles. The van der Waals surface area contributed by atoms with E-state index in [0.29, 0.717) is 10.6 Å². The molecule has 1 aromatic rings. The third-order valence-corrected chi connectivity index (χ3v) is 2.02. The van der Waals surface area contributed by atoms with Crippen molar-refractivity contribution in [3.8, 4) is 0 Å². The smallest absolute Gasteiger partial charge is 0.392 e. The lowest BCUT2D eigenvalue weighted by Gasteiger charge is -2.17. The number of halogens is 3. The van der Waals surface area contributed by atoms with Gasteiger partial charge in [0.15, 0.2) is 6.23 Å². The molecule has 7 heteroatoms. The maximum atomic E-state index is 12.4. The van der Waals surface area contributed by atoms with E-state index in [-0.39, 0.29) is 0 Å². The Hall–Kier alpha value is -1.34. The van der Waals surface area contributed by atoms with E-state index >= 15 is 0 Å². The summed E-state index contributed by atoms with van der Waals surface area (Å²) < 4.78 is 42.5. The maximum Gasteiger partial charge on any atom is 0.421 e. The number of aliphatic hydroxyl groups is 1. The molecular weight excluding hydrogens is 227 g/mol. The van der Waals surface area contributed by atoms with Crippen LogP contribution in [-0.4, -0.2) is 23.4 Å². The minimum atomic E-state index is -4.71. The van der Waals surface area contributed by atoms with E-state index in [9.17, 15) is 18.0 Å². The van der Waals surface area contributed by atoms with Gasteiger partial charge in [0.1, 0.15) is 5.56 Å². The van der Waals surface area contributed by atoms with Gasteiger partial charge in [0, 0.05) is 13.3 Å². The number of hydrogen-bond acceptors (Lipinski definition) is 3. The Bertz CT molecular complexity index is 409. The Morgan fingerprint density at radius 1 is 1.56 bits per heavy atom. The van der Waals surface area contributed by atoms with Crippen molar-refractivity contribution in [2.24, 2.45) is 0 Å². The second-order valence-electron chi connectivity index (χ2n) is 3.00. The van der Waals surface area contributed by atoms with E-state index in [1.165, 1.54) is 7.11 Å². The Morgan fingerprint density at radius 3 is 2.62 bits per heavy atom. The van der Waals surface area contributed by atoms with E-state index in [4.69, 9.17) is 5.11 Å². The van der Waals surface area contributed by atoms with Gasteiger partial charge in [0.2, 0.25) is 0 Å². The number of rotatable bonds is 3. The molecule has 0 aliphatic carbocycles. The molecule has 0 fully saturated rings. The van der Waals surface area contributed by atoms with Crippen LogP contribution in [0.25, 0.3) is 0 Å². The molecule has 1 aromatic heterocycles. The Labute approximate surface area is 88.9 Å². The van der Waals surface area contributed by atoms with Gasteiger partial charge in [-0.15, -0.1) is 0 Å². The first-order valence-corrected chi connectivity index (χ1v) is 4.33. The third-order valence-electron chi connectivity index (χ3n) is 2.02. The van der Waals surface area contributed by atoms with Gasteiger partial charge >= 0.3 is 6.18 Å². The molecule has 0 saturated carbocycles. The Balaban J connectivity index is 3.29. The van der Waals surface area contributed by atoms with Crippen molar-refractivity contribution in [1.82, 2.24) is 4.57 Å². The van der Waals surface area contributed by atoms with Crippen LogP contribution in [0.15, 0.2) is 23.1 Å². The Kier molecular flexibility index (Phi) is 3.71. The van der Waals surface area contributed by atoms with Gasteiger partial charge in [0.05, 0.1) is 6.61 Å². The van der Waals surface area contributed by atoms with Crippen molar-refractivity contribution in [1.29, 1.82) is 0 Å². The van der Waals surface area contributed by atoms with Gasteiger partial charge in [0.25, 0.3) is 5.56 Å². The molecule has 1 heterocycles. The fraction of sp³-hybridized carbons (Fsp3) is 0.444. The summed E-state index contributed by atoms with van der Waals surface area (Å²) in [4.78, 5) is 11.4. The molecule has 4 nitrogen and oxygen atoms in total. The van der Waals surface area contributed by atoms with E-state index in [1.54, 1.807) is 0 Å². The second kappa shape index (κ2) is 4.67. The van der Waals surface area contributed by atoms with Crippen LogP contribution in [0.5, 0.6) is 0 Å². The zero-order valence-corrected chi connectivity index (χ0v) is 8.36. The van der Waals surface area contributed by atoms with E-state index < -0.39 is 30.1 Å². The zero-order valence-electron chi connectivity index (χ0n) is 8.36. The number of alkyl halides is 3. The number of methoxy groups -OCH3 is 1. The van der Waals surface area contributed by atoms with Crippen molar-refractivity contribution in [2.45, 2.75) is 12.4 Å². The summed E-state index contributed by atoms with van der Waals surface area (Å²) in [6, 6.07) is 1.76. The predicted molar refractivity (Wildman–Crippen MR) is 48.8 cm³/mol. The highest BCUT2D eigenvalue weighted by Crippen LogP contribution is 2.26. The van der Waals surface area contributed by atoms with Crippen molar-refractivity contribution in [3.63, 3.8) is 0 Å². The van der Waals surface area contributed by atoms with Crippen LogP contribution >= 0.6 is 0 Å². The van der Waals surface area contributed by atoms with Gasteiger partial charge in [-0.1, -0.05) is 0 Å². The molecule has 0 aliphatic heterocycles. The van der Waals surface area contributed by atoms with Gasteiger partial charge in [-0.25, -0.2) is 0 Å². The summed E-state index contributed by atoms with van der Waals surface area (Å²) in [5.41, 5.74) is -2.53. The van der Waals surface area contributed by atoms with Crippen LogP contribution in [0.4, 0.5) is 13.2 Å². The lowest BCUT2D eigenvalue weighted by molar-refractivity contribution is -0.139. The number of hydrogen-bond donors (Lipinski definition) is 1. The SMILES string of the molecule is COC(CO)n1cccc(C(F)(F)F)c1=O. The molecule has 0 amide bonds. The summed E-state index contributed by atoms with van der Waals surface area (Å²) in [6.45, 7) is -0.586. The second-order valence-corrected chi connectivity index (χ2v) is 3.00. The van der Waals surface area contributed by atoms with Crippen LogP contribution < -0.4 is 5.56 Å². The average Bonchev–Trinajstić information content (AvgIpc) is 2.20. The van der Waals surface area contributed by atoms with Crippen molar-refractivity contribution >= 4 is 0 Å². The van der Waals surface area contributed by atoms with Crippen LogP contribution in [0.1, 0.15) is 11.8 Å². The van der Waals surface area contributed by atoms with Crippen LogP contribution in [0.3, 0.4) is 0 Å². The molecule has 0 bridgehead atoms. The summed E-state index contributed by atoms with van der Waals surface area (Å²) in [6.07, 6.45) is -4.70. The van der Waals surface area contributed by atoms with Crippen molar-refractivity contribution in [3.05, 3.63) is 34.2 Å². The average molecular weight is 237 g/mol. The molecule has 0 aliphatic rings. The molecule has 0 spiro atoms. The maximum absolute atomic E-state index is 12.4. The molecule has 1 rings (SSSR count). The molecule has 1 atom stereocenters. The van der Waals surface area contributed by atoms with E-state index in [2.05, 4.69) is 4.74 Å². The van der Waals surface area contributed by atoms with E-state index in [0.717, 1.165) is 12.3 Å². The minimum Gasteiger partial charge on any atom is -0.392 e. The molecule has 1 N–H and O–H groups in total. The number of aliphatic hydroxyl groups excluding tert-OH is 1. The Morgan fingerprint density at radius 2 is 2.19 bits per heavy atom. The molecule has 1 unspecified atom stereocenters. The fourth-order valence-electron chi connectivity index (χ4n) is 1.23. The van der Waals surface area contributed by atoms with Crippen LogP contribution in [0.2, 0.25) is 0 Å². The first-order chi connectivity index (χ1) is 7.41. The first kappa shape index (κ1) is 12.7. The topological polar surface area (TPSA) is 51.5 Å². The lowest BCUT2D eigenvalue weighted by atomic mass is 10.2. The number of nitrogens with zero attached hydrogens (tertiary/aromatic N) is 1. The van der Waals surface area contributed by atoms with Gasteiger partial charge in [-0.3, -0.25) is 9.36 Å². The van der Waals surface area contributed by atoms with Crippen molar-refractivity contribution in [2.75, 3.05) is 13.7 Å². The van der Waals surface area contributed by atoms with Crippen LogP contribution in [-0.2, 0) is 10.9 Å². The highest BCUT2D eigenvalue weighted by Gasteiger charge is 2.34. The lowest BCUT2D eigenvalue weighted by Crippen LogP contribution is -2.32. The first-order valence-electron chi connectivity index (χ1n) is 4.33. The predicted octanol–water partition coefficient (Wildman–Crippen LogP) is 1.00. The molecule has 16 heavy (non-hydrogen) atoms. The largest absolute Gasteiger partial charge is 0.421 e. The monoisotopic (exact) mass is 237 g/mol. The normalized spacial score (nSPS) is 13.8. The highest BCUT2D eigenvalue weighted by molar-refractivity contribution is 5.14. The molecule has 90 valence electrons. The summed E-state index contributed by atoms with van der Waals surface area (Å²) in [7, 11) is 1.19. The molecular formula is C9H10F3NO3. The summed E-state index contributed by atoms with van der Waals surface area (Å²) >= 11 is 0. The number of pyridine rings is 1. The minimum absolute atomic E-state index is 0.586. The quantitative estimate of drug-likeness (QED) is 0.853. The van der Waals surface area contributed by atoms with Gasteiger partial charge < -0.3 is 9.84 Å². The molecule has 0 aromatic carbocycles. The standard InChI is InChI=1S/C9H10F3NO3/c1-16-7(5-14)13-4-2-3-6(8(13)15)9(10,11)12/h2-4,7,14H,5H2,1H3.